The predicted molar refractivity (Wildman–Crippen MR) is 123 cm³/mol. The quantitative estimate of drug-likeness (QED) is 0.593. The second kappa shape index (κ2) is 9.14. The van der Waals surface area contributed by atoms with E-state index < -0.39 is 10.0 Å². The Hall–Kier alpha value is -2.53. The number of amides is 1. The van der Waals surface area contributed by atoms with Gasteiger partial charge in [-0.05, 0) is 25.5 Å². The van der Waals surface area contributed by atoms with Gasteiger partial charge in [-0.1, -0.05) is 29.8 Å². The van der Waals surface area contributed by atoms with Gasteiger partial charge in [0.25, 0.3) is 5.91 Å². The van der Waals surface area contributed by atoms with Gasteiger partial charge in [-0.3, -0.25) is 4.79 Å². The van der Waals surface area contributed by atoms with Crippen molar-refractivity contribution < 1.29 is 17.9 Å². The molecule has 0 bridgehead atoms. The maximum Gasteiger partial charge on any atom is 0.266 e. The fourth-order valence-electron chi connectivity index (χ4n) is 3.48. The summed E-state index contributed by atoms with van der Waals surface area (Å²) in [5.41, 5.74) is 3.30. The molecule has 0 radical (unpaired) electrons. The van der Waals surface area contributed by atoms with Crippen LogP contribution in [0.3, 0.4) is 0 Å². The molecular weight excluding hydrogens is 448 g/mol. The van der Waals surface area contributed by atoms with Crippen LogP contribution in [0.4, 0.5) is 0 Å². The molecule has 1 aromatic carbocycles. The average molecular weight is 475 g/mol. The predicted octanol–water partition coefficient (Wildman–Crippen LogP) is 2.72. The second-order valence-corrected chi connectivity index (χ2v) is 10.6. The van der Waals surface area contributed by atoms with E-state index in [1.54, 1.807) is 35.7 Å². The number of hydrogen-bond donors (Lipinski definition) is 1. The first-order chi connectivity index (χ1) is 15.2. The monoisotopic (exact) mass is 474 g/mol. The van der Waals surface area contributed by atoms with E-state index in [0.717, 1.165) is 11.1 Å². The molecule has 3 heterocycles. The number of sulfonamides is 1. The Balaban J connectivity index is 1.54. The number of carbonyl (C=O) groups is 1. The van der Waals surface area contributed by atoms with E-state index in [-0.39, 0.29) is 17.3 Å². The summed E-state index contributed by atoms with van der Waals surface area (Å²) in [6, 6.07) is 9.30. The lowest BCUT2D eigenvalue weighted by molar-refractivity contribution is 0.0305. The van der Waals surface area contributed by atoms with E-state index >= 15 is 0 Å². The van der Waals surface area contributed by atoms with Crippen LogP contribution in [0, 0.1) is 13.8 Å². The van der Waals surface area contributed by atoms with Crippen molar-refractivity contribution in [3.05, 3.63) is 58.2 Å². The molecule has 8 nitrogen and oxygen atoms in total. The first-order valence-corrected chi connectivity index (χ1v) is 12.6. The van der Waals surface area contributed by atoms with E-state index in [1.807, 2.05) is 31.2 Å². The van der Waals surface area contributed by atoms with Crippen LogP contribution in [0.15, 0.2) is 41.4 Å². The Kier molecular flexibility index (Phi) is 6.47. The molecule has 1 fully saturated rings. The lowest BCUT2D eigenvalue weighted by Gasteiger charge is -2.26. The number of rotatable bonds is 6. The Morgan fingerprint density at radius 1 is 1.19 bits per heavy atom. The number of morpholine rings is 1. The first kappa shape index (κ1) is 22.7. The van der Waals surface area contributed by atoms with Crippen molar-refractivity contribution in [2.45, 2.75) is 25.3 Å². The van der Waals surface area contributed by atoms with Crippen LogP contribution in [0.1, 0.15) is 26.5 Å². The maximum absolute atomic E-state index is 12.9. The summed E-state index contributed by atoms with van der Waals surface area (Å²) in [5.74, 6) is -0.0589. The van der Waals surface area contributed by atoms with Gasteiger partial charge in [0.1, 0.15) is 14.8 Å². The molecule has 0 aliphatic carbocycles. The van der Waals surface area contributed by atoms with Crippen molar-refractivity contribution in [1.29, 1.82) is 0 Å². The summed E-state index contributed by atoms with van der Waals surface area (Å²) in [6.07, 6.45) is 1.56. The number of carbonyl (C=O) groups excluding carboxylic acids is 1. The van der Waals surface area contributed by atoms with Crippen LogP contribution in [0.5, 0.6) is 0 Å². The molecule has 0 unspecified atom stereocenters. The Morgan fingerprint density at radius 3 is 2.56 bits per heavy atom. The summed E-state index contributed by atoms with van der Waals surface area (Å²) >= 11 is 1.28. The summed E-state index contributed by atoms with van der Waals surface area (Å²) in [7, 11) is -1.93. The number of ether oxygens (including phenoxy) is 1. The van der Waals surface area contributed by atoms with Crippen LogP contribution < -0.4 is 4.72 Å². The van der Waals surface area contributed by atoms with Crippen molar-refractivity contribution in [1.82, 2.24) is 19.2 Å². The van der Waals surface area contributed by atoms with Gasteiger partial charge in [0.05, 0.1) is 24.6 Å². The number of nitrogens with one attached hydrogen (secondary N) is 1. The highest BCUT2D eigenvalue weighted by molar-refractivity contribution is 7.89. The third-order valence-electron chi connectivity index (χ3n) is 5.39. The van der Waals surface area contributed by atoms with Gasteiger partial charge in [0, 0.05) is 32.9 Å². The van der Waals surface area contributed by atoms with Gasteiger partial charge >= 0.3 is 0 Å². The number of hydrogen-bond acceptors (Lipinski definition) is 6. The number of nitrogens with zero attached hydrogens (tertiary/aromatic N) is 3. The molecule has 170 valence electrons. The van der Waals surface area contributed by atoms with Gasteiger partial charge in [0.2, 0.25) is 10.0 Å². The topological polar surface area (TPSA) is 93.5 Å². The molecule has 3 aromatic rings. The molecule has 0 spiro atoms. The minimum absolute atomic E-state index is 0.0589. The van der Waals surface area contributed by atoms with Crippen molar-refractivity contribution in [3.63, 3.8) is 0 Å². The second-order valence-electron chi connectivity index (χ2n) is 7.82. The number of thiazole rings is 1. The standard InChI is InChI=1S/C22H26N4O4S2/c1-15-4-6-17(7-5-15)13-23-32(28,29)18-12-19(25(3)14-18)21-24-16(2)20(31-21)22(27)26-8-10-30-11-9-26/h4-7,12,14,23H,8-11,13H2,1-3H3. The molecular formula is C22H26N4O4S2. The van der Waals surface area contributed by atoms with Crippen molar-refractivity contribution >= 4 is 27.3 Å². The molecule has 1 aliphatic rings. The zero-order valence-electron chi connectivity index (χ0n) is 18.3. The smallest absolute Gasteiger partial charge is 0.266 e. The minimum Gasteiger partial charge on any atom is -0.378 e. The van der Waals surface area contributed by atoms with E-state index in [9.17, 15) is 13.2 Å². The summed E-state index contributed by atoms with van der Waals surface area (Å²) in [5, 5.41) is 0.613. The van der Waals surface area contributed by atoms with Gasteiger partial charge in [0.15, 0.2) is 0 Å². The lowest BCUT2D eigenvalue weighted by Crippen LogP contribution is -2.40. The highest BCUT2D eigenvalue weighted by Crippen LogP contribution is 2.31. The normalized spacial score (nSPS) is 14.7. The van der Waals surface area contributed by atoms with E-state index in [2.05, 4.69) is 9.71 Å². The van der Waals surface area contributed by atoms with Gasteiger partial charge in [-0.25, -0.2) is 18.1 Å². The van der Waals surface area contributed by atoms with E-state index in [4.69, 9.17) is 4.74 Å². The van der Waals surface area contributed by atoms with Crippen LogP contribution in [0.25, 0.3) is 10.7 Å². The largest absolute Gasteiger partial charge is 0.378 e. The van der Waals surface area contributed by atoms with E-state index in [1.165, 1.54) is 11.3 Å². The summed E-state index contributed by atoms with van der Waals surface area (Å²) < 4.78 is 35.4. The van der Waals surface area contributed by atoms with Crippen LogP contribution >= 0.6 is 11.3 Å². The Morgan fingerprint density at radius 2 is 1.88 bits per heavy atom. The number of aromatic nitrogens is 2. The molecule has 2 aromatic heterocycles. The highest BCUT2D eigenvalue weighted by atomic mass is 32.2. The Bertz CT molecular complexity index is 1220. The molecule has 4 rings (SSSR count). The molecule has 1 N–H and O–H groups in total. The molecule has 10 heteroatoms. The van der Waals surface area contributed by atoms with Gasteiger partial charge in [-0.2, -0.15) is 0 Å². The molecule has 1 aliphatic heterocycles. The van der Waals surface area contributed by atoms with Crippen molar-refractivity contribution in [2.24, 2.45) is 7.05 Å². The Labute approximate surface area is 191 Å². The van der Waals surface area contributed by atoms with Crippen LogP contribution in [0.2, 0.25) is 0 Å². The number of aryl methyl sites for hydroxylation is 3. The van der Waals surface area contributed by atoms with Gasteiger partial charge < -0.3 is 14.2 Å². The SMILES string of the molecule is Cc1ccc(CNS(=O)(=O)c2cc(-c3nc(C)c(C(=O)N4CCOCC4)s3)n(C)c2)cc1. The van der Waals surface area contributed by atoms with Crippen molar-refractivity contribution in [3.8, 4) is 10.7 Å². The fourth-order valence-corrected chi connectivity index (χ4v) is 5.66. The first-order valence-electron chi connectivity index (χ1n) is 10.3. The van der Waals surface area contributed by atoms with Crippen LogP contribution in [-0.2, 0) is 28.4 Å². The number of benzene rings is 1. The molecule has 32 heavy (non-hydrogen) atoms. The molecule has 0 atom stereocenters. The minimum atomic E-state index is -3.70. The lowest BCUT2D eigenvalue weighted by atomic mass is 10.2. The van der Waals surface area contributed by atoms with Gasteiger partial charge in [-0.15, -0.1) is 11.3 Å². The summed E-state index contributed by atoms with van der Waals surface area (Å²) in [6.45, 7) is 6.18. The van der Waals surface area contributed by atoms with E-state index in [0.29, 0.717) is 47.6 Å². The molecule has 0 saturated carbocycles. The molecule has 1 saturated heterocycles. The third kappa shape index (κ3) is 4.78. The molecule has 1 amide bonds. The van der Waals surface area contributed by atoms with Crippen molar-refractivity contribution in [2.75, 3.05) is 26.3 Å². The summed E-state index contributed by atoms with van der Waals surface area (Å²) in [4.78, 5) is 19.9. The highest BCUT2D eigenvalue weighted by Gasteiger charge is 2.25. The third-order valence-corrected chi connectivity index (χ3v) is 7.92. The average Bonchev–Trinajstić information content (AvgIpc) is 3.36. The fraction of sp³-hybridized carbons (Fsp3) is 0.364. The zero-order chi connectivity index (χ0) is 22.9. The van der Waals surface area contributed by atoms with Crippen LogP contribution in [-0.4, -0.2) is 55.1 Å². The zero-order valence-corrected chi connectivity index (χ0v) is 19.9. The maximum atomic E-state index is 12.9.